The highest BCUT2D eigenvalue weighted by atomic mass is 16.3. The summed E-state index contributed by atoms with van der Waals surface area (Å²) in [6.45, 7) is 6.66. The van der Waals surface area contributed by atoms with E-state index >= 15 is 0 Å². The van der Waals surface area contributed by atoms with Crippen LogP contribution in [0.4, 0.5) is 0 Å². The molecule has 0 aromatic rings. The molecule has 0 aromatic heterocycles. The van der Waals surface area contributed by atoms with Gasteiger partial charge in [0.25, 0.3) is 0 Å². The predicted molar refractivity (Wildman–Crippen MR) is 54.1 cm³/mol. The van der Waals surface area contributed by atoms with Gasteiger partial charge in [-0.05, 0) is 30.6 Å². The van der Waals surface area contributed by atoms with E-state index in [-0.39, 0.29) is 13.5 Å². The average molecular weight is 172 g/mol. The molecule has 0 heterocycles. The molecule has 0 saturated heterocycles. The molecule has 0 bridgehead atoms. The van der Waals surface area contributed by atoms with Gasteiger partial charge in [-0.3, -0.25) is 0 Å². The van der Waals surface area contributed by atoms with E-state index in [4.69, 9.17) is 0 Å². The van der Waals surface area contributed by atoms with Crippen molar-refractivity contribution in [1.29, 1.82) is 0 Å². The lowest BCUT2D eigenvalue weighted by Gasteiger charge is -2.33. The van der Waals surface area contributed by atoms with E-state index < -0.39 is 0 Å². The normalized spacial score (nSPS) is 36.2. The van der Waals surface area contributed by atoms with Gasteiger partial charge in [0.05, 0.1) is 6.10 Å². The number of hydrogen-bond acceptors (Lipinski definition) is 1. The third-order valence-corrected chi connectivity index (χ3v) is 2.99. The van der Waals surface area contributed by atoms with Crippen molar-refractivity contribution in [1.82, 2.24) is 0 Å². The summed E-state index contributed by atoms with van der Waals surface area (Å²) in [5.41, 5.74) is 0. The second kappa shape index (κ2) is 4.86. The van der Waals surface area contributed by atoms with E-state index in [1.807, 2.05) is 0 Å². The van der Waals surface area contributed by atoms with Crippen molar-refractivity contribution in [2.75, 3.05) is 0 Å². The monoisotopic (exact) mass is 172 g/mol. The predicted octanol–water partition coefficient (Wildman–Crippen LogP) is 3.08. The van der Waals surface area contributed by atoms with Gasteiger partial charge in [-0.15, -0.1) is 0 Å². The Morgan fingerprint density at radius 2 is 1.83 bits per heavy atom. The Morgan fingerprint density at radius 1 is 1.25 bits per heavy atom. The zero-order valence-electron chi connectivity index (χ0n) is 7.88. The SMILES string of the molecule is C.CC1CCC(C(C)C)C(O)C1. The summed E-state index contributed by atoms with van der Waals surface area (Å²) >= 11 is 0. The molecule has 0 radical (unpaired) electrons. The van der Waals surface area contributed by atoms with E-state index in [0.29, 0.717) is 11.8 Å². The van der Waals surface area contributed by atoms with Gasteiger partial charge in [-0.25, -0.2) is 0 Å². The Balaban J connectivity index is 0.00000121. The van der Waals surface area contributed by atoms with Crippen LogP contribution in [0.5, 0.6) is 0 Å². The standard InChI is InChI=1S/C10H20O.CH4/c1-7(2)9-5-4-8(3)6-10(9)11;/h7-11H,4-6H2,1-3H3;1H4. The molecule has 1 rings (SSSR count). The van der Waals surface area contributed by atoms with E-state index in [0.717, 1.165) is 12.3 Å². The Labute approximate surface area is 77.2 Å². The molecule has 1 nitrogen and oxygen atoms in total. The van der Waals surface area contributed by atoms with Gasteiger partial charge in [0.15, 0.2) is 0 Å². The van der Waals surface area contributed by atoms with Gasteiger partial charge in [0.1, 0.15) is 0 Å². The fraction of sp³-hybridized carbons (Fsp3) is 1.00. The highest BCUT2D eigenvalue weighted by Gasteiger charge is 2.28. The number of aliphatic hydroxyl groups excluding tert-OH is 1. The first kappa shape index (κ1) is 12.0. The van der Waals surface area contributed by atoms with Crippen molar-refractivity contribution in [3.63, 3.8) is 0 Å². The van der Waals surface area contributed by atoms with Crippen molar-refractivity contribution in [3.05, 3.63) is 0 Å². The van der Waals surface area contributed by atoms with Crippen molar-refractivity contribution in [3.8, 4) is 0 Å². The number of hydrogen-bond donors (Lipinski definition) is 1. The lowest BCUT2D eigenvalue weighted by molar-refractivity contribution is 0.0266. The molecule has 1 N–H and O–H groups in total. The molecule has 0 amide bonds. The fourth-order valence-corrected chi connectivity index (χ4v) is 2.15. The van der Waals surface area contributed by atoms with Crippen LogP contribution in [0.2, 0.25) is 0 Å². The van der Waals surface area contributed by atoms with Crippen molar-refractivity contribution >= 4 is 0 Å². The molecular weight excluding hydrogens is 148 g/mol. The van der Waals surface area contributed by atoms with Crippen LogP contribution in [0, 0.1) is 17.8 Å². The molecule has 3 unspecified atom stereocenters. The molecule has 0 aliphatic heterocycles. The summed E-state index contributed by atoms with van der Waals surface area (Å²) in [5, 5.41) is 9.71. The lowest BCUT2D eigenvalue weighted by atomic mass is 9.75. The van der Waals surface area contributed by atoms with Crippen LogP contribution < -0.4 is 0 Å². The van der Waals surface area contributed by atoms with Crippen LogP contribution in [0.15, 0.2) is 0 Å². The van der Waals surface area contributed by atoms with Gasteiger partial charge >= 0.3 is 0 Å². The zero-order valence-corrected chi connectivity index (χ0v) is 7.88. The summed E-state index contributed by atoms with van der Waals surface area (Å²) in [7, 11) is 0. The molecule has 12 heavy (non-hydrogen) atoms. The van der Waals surface area contributed by atoms with E-state index in [1.54, 1.807) is 0 Å². The van der Waals surface area contributed by atoms with Crippen molar-refractivity contribution in [2.24, 2.45) is 17.8 Å². The van der Waals surface area contributed by atoms with Crippen LogP contribution >= 0.6 is 0 Å². The molecule has 1 aliphatic rings. The molecule has 1 aliphatic carbocycles. The minimum Gasteiger partial charge on any atom is -0.393 e. The maximum absolute atomic E-state index is 9.71. The topological polar surface area (TPSA) is 20.2 Å². The quantitative estimate of drug-likeness (QED) is 0.644. The van der Waals surface area contributed by atoms with E-state index in [2.05, 4.69) is 20.8 Å². The van der Waals surface area contributed by atoms with Crippen LogP contribution in [-0.2, 0) is 0 Å². The maximum Gasteiger partial charge on any atom is 0.0573 e. The smallest absolute Gasteiger partial charge is 0.0573 e. The summed E-state index contributed by atoms with van der Waals surface area (Å²) in [5.74, 6) is 1.95. The second-order valence-corrected chi connectivity index (χ2v) is 4.39. The van der Waals surface area contributed by atoms with Crippen LogP contribution in [0.3, 0.4) is 0 Å². The van der Waals surface area contributed by atoms with E-state index in [9.17, 15) is 5.11 Å². The van der Waals surface area contributed by atoms with Crippen molar-refractivity contribution in [2.45, 2.75) is 53.6 Å². The van der Waals surface area contributed by atoms with Gasteiger partial charge in [-0.2, -0.15) is 0 Å². The molecular formula is C11H24O. The Kier molecular flexibility index (Phi) is 4.84. The molecule has 74 valence electrons. The summed E-state index contributed by atoms with van der Waals surface area (Å²) in [6.07, 6.45) is 3.52. The Morgan fingerprint density at radius 3 is 2.25 bits per heavy atom. The van der Waals surface area contributed by atoms with Gasteiger partial charge in [0.2, 0.25) is 0 Å². The lowest BCUT2D eigenvalue weighted by Crippen LogP contribution is -2.31. The first-order valence-electron chi connectivity index (χ1n) is 4.79. The van der Waals surface area contributed by atoms with Crippen molar-refractivity contribution < 1.29 is 5.11 Å². The largest absolute Gasteiger partial charge is 0.393 e. The Hall–Kier alpha value is -0.0400. The van der Waals surface area contributed by atoms with Crippen LogP contribution in [-0.4, -0.2) is 11.2 Å². The molecule has 3 atom stereocenters. The van der Waals surface area contributed by atoms with E-state index in [1.165, 1.54) is 12.8 Å². The van der Waals surface area contributed by atoms with Gasteiger partial charge < -0.3 is 5.11 Å². The molecule has 0 spiro atoms. The first-order chi connectivity index (χ1) is 5.11. The Bertz CT molecular complexity index is 120. The third kappa shape index (κ3) is 2.78. The maximum atomic E-state index is 9.71. The summed E-state index contributed by atoms with van der Waals surface area (Å²) in [4.78, 5) is 0. The number of aliphatic hydroxyl groups is 1. The highest BCUT2D eigenvalue weighted by Crippen LogP contribution is 2.33. The number of rotatable bonds is 1. The second-order valence-electron chi connectivity index (χ2n) is 4.39. The molecule has 1 heteroatoms. The molecule has 1 saturated carbocycles. The first-order valence-corrected chi connectivity index (χ1v) is 4.79. The third-order valence-electron chi connectivity index (χ3n) is 2.99. The van der Waals surface area contributed by atoms with Crippen LogP contribution in [0.1, 0.15) is 47.5 Å². The zero-order chi connectivity index (χ0) is 8.43. The summed E-state index contributed by atoms with van der Waals surface area (Å²) in [6, 6.07) is 0. The minimum absolute atomic E-state index is 0. The minimum atomic E-state index is -0.0289. The van der Waals surface area contributed by atoms with Crippen LogP contribution in [0.25, 0.3) is 0 Å². The summed E-state index contributed by atoms with van der Waals surface area (Å²) < 4.78 is 0. The molecule has 1 fully saturated rings. The average Bonchev–Trinajstić information content (AvgIpc) is 1.85. The highest BCUT2D eigenvalue weighted by molar-refractivity contribution is 4.79. The molecule has 0 aromatic carbocycles. The van der Waals surface area contributed by atoms with Gasteiger partial charge in [0, 0.05) is 0 Å². The fourth-order valence-electron chi connectivity index (χ4n) is 2.15. The van der Waals surface area contributed by atoms with Gasteiger partial charge in [-0.1, -0.05) is 34.6 Å².